The van der Waals surface area contributed by atoms with E-state index in [1.807, 2.05) is 0 Å². The number of carbonyl (C=O) groups excluding carboxylic acids is 2. The van der Waals surface area contributed by atoms with Gasteiger partial charge in [0.2, 0.25) is 5.91 Å². The van der Waals surface area contributed by atoms with Gasteiger partial charge in [0.05, 0.1) is 17.1 Å². The number of sulfonamides is 1. The van der Waals surface area contributed by atoms with Crippen LogP contribution in [0.15, 0.2) is 64.6 Å². The fraction of sp³-hybridized carbons (Fsp3) is 0.360. The number of hydrogen-bond donors (Lipinski definition) is 3. The quantitative estimate of drug-likeness (QED) is 0.433. The van der Waals surface area contributed by atoms with Crippen LogP contribution in [0.25, 0.3) is 0 Å². The van der Waals surface area contributed by atoms with Gasteiger partial charge >= 0.3 is 6.09 Å². The van der Waals surface area contributed by atoms with E-state index in [1.165, 1.54) is 24.4 Å². The van der Waals surface area contributed by atoms with Gasteiger partial charge in [-0.3, -0.25) is 14.5 Å². The Morgan fingerprint density at radius 2 is 1.92 bits per heavy atom. The Labute approximate surface area is 221 Å². The number of rotatable bonds is 8. The molecule has 3 rings (SSSR count). The Kier molecular flexibility index (Phi) is 8.60. The second-order valence-corrected chi connectivity index (χ2v) is 11.6. The second kappa shape index (κ2) is 11.3. The summed E-state index contributed by atoms with van der Waals surface area (Å²) in [6, 6.07) is 8.84. The molecule has 0 saturated carbocycles. The van der Waals surface area contributed by atoms with Crippen LogP contribution in [0.5, 0.6) is 0 Å². The zero-order valence-electron chi connectivity index (χ0n) is 21.0. The summed E-state index contributed by atoms with van der Waals surface area (Å²) in [4.78, 5) is 33.9. The summed E-state index contributed by atoms with van der Waals surface area (Å²) in [6.07, 6.45) is 5.69. The Morgan fingerprint density at radius 3 is 2.54 bits per heavy atom. The number of ether oxygens (including phenoxy) is 1. The van der Waals surface area contributed by atoms with E-state index >= 15 is 0 Å². The van der Waals surface area contributed by atoms with E-state index in [2.05, 4.69) is 25.3 Å². The lowest BCUT2D eigenvalue weighted by Gasteiger charge is -2.31. The molecule has 1 aliphatic rings. The third-order valence-corrected chi connectivity index (χ3v) is 6.98. The molecule has 1 unspecified atom stereocenters. The first kappa shape index (κ1) is 28.1. The Hall–Kier alpha value is -3.44. The van der Waals surface area contributed by atoms with Gasteiger partial charge in [-0.2, -0.15) is 0 Å². The Balaban J connectivity index is 1.82. The molecule has 0 radical (unpaired) electrons. The number of pyridine rings is 1. The predicted octanol–water partition coefficient (Wildman–Crippen LogP) is 3.44. The number of aliphatic imine (C=N–C) groups is 1. The van der Waals surface area contributed by atoms with Crippen LogP contribution in [0.3, 0.4) is 0 Å². The SMILES string of the molecule is C[C@H](CNC(=O)OC(C)(C)C)NC(=O)C1(c2cnc(Cl)c(NS(=O)(=O)c3ccccc3)c2)C=CC=NC1. The summed E-state index contributed by atoms with van der Waals surface area (Å²) in [5.41, 5.74) is -1.51. The molecule has 2 heterocycles. The average molecular weight is 548 g/mol. The molecule has 10 nitrogen and oxygen atoms in total. The highest BCUT2D eigenvalue weighted by Gasteiger charge is 2.40. The lowest BCUT2D eigenvalue weighted by Crippen LogP contribution is -2.51. The van der Waals surface area contributed by atoms with Gasteiger partial charge in [0, 0.05) is 25.0 Å². The average Bonchev–Trinajstić information content (AvgIpc) is 2.84. The number of nitrogens with one attached hydrogen (secondary N) is 3. The summed E-state index contributed by atoms with van der Waals surface area (Å²) >= 11 is 6.22. The molecule has 0 fully saturated rings. The van der Waals surface area contributed by atoms with Crippen LogP contribution in [-0.4, -0.2) is 56.3 Å². The number of aromatic nitrogens is 1. The van der Waals surface area contributed by atoms with Gasteiger partial charge in [-0.25, -0.2) is 18.2 Å². The molecule has 12 heteroatoms. The molecule has 0 bridgehead atoms. The largest absolute Gasteiger partial charge is 0.444 e. The van der Waals surface area contributed by atoms with Gasteiger partial charge in [0.1, 0.15) is 11.0 Å². The Morgan fingerprint density at radius 1 is 1.22 bits per heavy atom. The van der Waals surface area contributed by atoms with E-state index in [0.29, 0.717) is 5.56 Å². The summed E-state index contributed by atoms with van der Waals surface area (Å²) in [7, 11) is -3.95. The van der Waals surface area contributed by atoms with Crippen molar-refractivity contribution in [2.75, 3.05) is 17.8 Å². The van der Waals surface area contributed by atoms with Crippen molar-refractivity contribution in [2.45, 2.75) is 49.6 Å². The van der Waals surface area contributed by atoms with E-state index in [9.17, 15) is 18.0 Å². The molecule has 2 aromatic rings. The molecule has 1 aromatic heterocycles. The van der Waals surface area contributed by atoms with Crippen LogP contribution in [0, 0.1) is 0 Å². The van der Waals surface area contributed by atoms with Crippen LogP contribution in [0.4, 0.5) is 10.5 Å². The number of alkyl carbamates (subject to hydrolysis) is 1. The number of dihydropyridines is 1. The number of benzene rings is 1. The number of anilines is 1. The first-order chi connectivity index (χ1) is 17.3. The van der Waals surface area contributed by atoms with E-state index < -0.39 is 39.1 Å². The van der Waals surface area contributed by atoms with Gasteiger partial charge in [-0.15, -0.1) is 0 Å². The van der Waals surface area contributed by atoms with Crippen LogP contribution in [0.1, 0.15) is 33.3 Å². The van der Waals surface area contributed by atoms with E-state index in [4.69, 9.17) is 16.3 Å². The van der Waals surface area contributed by atoms with Gasteiger partial charge in [-0.05, 0) is 57.5 Å². The highest BCUT2D eigenvalue weighted by molar-refractivity contribution is 7.92. The number of hydrogen-bond acceptors (Lipinski definition) is 7. The lowest BCUT2D eigenvalue weighted by molar-refractivity contribution is -0.125. The summed E-state index contributed by atoms with van der Waals surface area (Å²) < 4.78 is 33.4. The minimum absolute atomic E-state index is 0.0257. The molecule has 2 amide bonds. The molecule has 198 valence electrons. The maximum Gasteiger partial charge on any atom is 0.407 e. The van der Waals surface area contributed by atoms with Crippen molar-refractivity contribution in [3.63, 3.8) is 0 Å². The molecular weight excluding hydrogens is 518 g/mol. The summed E-state index contributed by atoms with van der Waals surface area (Å²) in [5.74, 6) is -0.403. The normalized spacial score (nSPS) is 18.1. The highest BCUT2D eigenvalue weighted by atomic mass is 35.5. The van der Waals surface area contributed by atoms with Crippen LogP contribution >= 0.6 is 11.6 Å². The van der Waals surface area contributed by atoms with Crippen molar-refractivity contribution < 1.29 is 22.7 Å². The minimum Gasteiger partial charge on any atom is -0.444 e. The van der Waals surface area contributed by atoms with Crippen LogP contribution in [0.2, 0.25) is 5.15 Å². The van der Waals surface area contributed by atoms with Crippen LogP contribution < -0.4 is 15.4 Å². The Bertz CT molecular complexity index is 1310. The third kappa shape index (κ3) is 7.30. The topological polar surface area (TPSA) is 139 Å². The smallest absolute Gasteiger partial charge is 0.407 e. The van der Waals surface area contributed by atoms with E-state index in [1.54, 1.807) is 64.3 Å². The number of allylic oxidation sites excluding steroid dienone is 1. The molecule has 2 atom stereocenters. The molecule has 1 aliphatic heterocycles. The standard InChI is InChI=1S/C25H30ClN5O5S/c1-17(14-29-23(33)36-24(2,3)4)30-22(32)25(11-8-12-27-16-25)18-13-20(21(26)28-15-18)31-37(34,35)19-9-6-5-7-10-19/h5-13,15,17,31H,14,16H2,1-4H3,(H,29,33)(H,30,32)/t17-,25?/m1/s1. The zero-order valence-corrected chi connectivity index (χ0v) is 22.6. The van der Waals surface area contributed by atoms with E-state index in [-0.39, 0.29) is 28.8 Å². The molecule has 37 heavy (non-hydrogen) atoms. The summed E-state index contributed by atoms with van der Waals surface area (Å²) in [6.45, 7) is 7.20. The molecule has 3 N–H and O–H groups in total. The van der Waals surface area contributed by atoms with Crippen molar-refractivity contribution >= 4 is 45.5 Å². The lowest BCUT2D eigenvalue weighted by atomic mass is 9.78. The third-order valence-electron chi connectivity index (χ3n) is 5.30. The number of amides is 2. The van der Waals surface area contributed by atoms with Gasteiger partial charge in [0.15, 0.2) is 5.15 Å². The molecule has 1 aromatic carbocycles. The molecular formula is C25H30ClN5O5S. The van der Waals surface area contributed by atoms with Crippen molar-refractivity contribution in [1.82, 2.24) is 15.6 Å². The van der Waals surface area contributed by atoms with Crippen molar-refractivity contribution in [3.05, 3.63) is 65.5 Å². The first-order valence-electron chi connectivity index (χ1n) is 11.5. The number of halogens is 1. The molecule has 0 spiro atoms. The molecule has 0 saturated heterocycles. The van der Waals surface area contributed by atoms with Gasteiger partial charge in [0.25, 0.3) is 10.0 Å². The fourth-order valence-electron chi connectivity index (χ4n) is 3.50. The monoisotopic (exact) mass is 547 g/mol. The highest BCUT2D eigenvalue weighted by Crippen LogP contribution is 2.33. The summed E-state index contributed by atoms with van der Waals surface area (Å²) in [5, 5.41) is 5.44. The molecule has 0 aliphatic carbocycles. The van der Waals surface area contributed by atoms with Crippen molar-refractivity contribution in [2.24, 2.45) is 4.99 Å². The van der Waals surface area contributed by atoms with Gasteiger partial charge < -0.3 is 15.4 Å². The number of nitrogens with zero attached hydrogens (tertiary/aromatic N) is 2. The first-order valence-corrected chi connectivity index (χ1v) is 13.4. The van der Waals surface area contributed by atoms with E-state index in [0.717, 1.165) is 0 Å². The maximum absolute atomic E-state index is 13.5. The predicted molar refractivity (Wildman–Crippen MR) is 143 cm³/mol. The second-order valence-electron chi connectivity index (χ2n) is 9.56. The maximum atomic E-state index is 13.5. The van der Waals surface area contributed by atoms with Crippen molar-refractivity contribution in [3.8, 4) is 0 Å². The van der Waals surface area contributed by atoms with Crippen LogP contribution in [-0.2, 0) is 25.0 Å². The number of carbonyl (C=O) groups is 2. The minimum atomic E-state index is -3.95. The zero-order chi connectivity index (χ0) is 27.3. The fourth-order valence-corrected chi connectivity index (χ4v) is 4.79. The van der Waals surface area contributed by atoms with Gasteiger partial charge in [-0.1, -0.05) is 35.9 Å². The van der Waals surface area contributed by atoms with Crippen molar-refractivity contribution in [1.29, 1.82) is 0 Å².